The predicted molar refractivity (Wildman–Crippen MR) is 143 cm³/mol. The first-order valence-electron chi connectivity index (χ1n) is 11.0. The summed E-state index contributed by atoms with van der Waals surface area (Å²) < 4.78 is 30.6. The number of carbonyl (C=O) groups excluding carboxylic acids is 1. The molecule has 0 bridgehead atoms. The number of anilines is 2. The Labute approximate surface area is 210 Å². The second kappa shape index (κ2) is 10.9. The van der Waals surface area contributed by atoms with Gasteiger partial charge in [0.2, 0.25) is 15.9 Å². The molecule has 1 aliphatic heterocycles. The number of sulfonamides is 1. The number of nitrogens with one attached hydrogen (secondary N) is 2. The van der Waals surface area contributed by atoms with Gasteiger partial charge in [-0.3, -0.25) is 10.1 Å². The fraction of sp³-hybridized carbons (Fsp3) is 0.200. The van der Waals surface area contributed by atoms with Gasteiger partial charge in [0.1, 0.15) is 11.5 Å². The average molecular weight is 511 g/mol. The molecule has 1 fully saturated rings. The van der Waals surface area contributed by atoms with Crippen molar-refractivity contribution in [2.45, 2.75) is 0 Å². The van der Waals surface area contributed by atoms with Crippen LogP contribution in [0.1, 0.15) is 5.76 Å². The molecule has 2 aromatic carbocycles. The summed E-state index contributed by atoms with van der Waals surface area (Å²) >= 11 is 5.24. The zero-order valence-electron chi connectivity index (χ0n) is 19.2. The summed E-state index contributed by atoms with van der Waals surface area (Å²) in [5.41, 5.74) is 2.69. The quantitative estimate of drug-likeness (QED) is 0.387. The Hall–Kier alpha value is -3.47. The van der Waals surface area contributed by atoms with Crippen molar-refractivity contribution >= 4 is 50.7 Å². The Kier molecular flexibility index (Phi) is 7.64. The van der Waals surface area contributed by atoms with Gasteiger partial charge in [-0.1, -0.05) is 30.3 Å². The van der Waals surface area contributed by atoms with Crippen molar-refractivity contribution in [2.75, 3.05) is 42.7 Å². The van der Waals surface area contributed by atoms with Crippen molar-refractivity contribution in [2.24, 2.45) is 0 Å². The number of nitrogens with zero attached hydrogens (tertiary/aromatic N) is 2. The highest BCUT2D eigenvalue weighted by Gasteiger charge is 2.23. The highest BCUT2D eigenvalue weighted by molar-refractivity contribution is 7.88. The molecule has 35 heavy (non-hydrogen) atoms. The van der Waals surface area contributed by atoms with Crippen LogP contribution in [0.25, 0.3) is 17.4 Å². The lowest BCUT2D eigenvalue weighted by molar-refractivity contribution is -0.115. The van der Waals surface area contributed by atoms with Gasteiger partial charge in [0.15, 0.2) is 5.11 Å². The number of rotatable bonds is 6. The third-order valence-corrected chi connectivity index (χ3v) is 7.03. The third kappa shape index (κ3) is 6.78. The van der Waals surface area contributed by atoms with Gasteiger partial charge in [-0.05, 0) is 54.7 Å². The summed E-state index contributed by atoms with van der Waals surface area (Å²) in [5.74, 6) is 0.912. The molecule has 8 nitrogen and oxygen atoms in total. The number of carbonyl (C=O) groups is 1. The first kappa shape index (κ1) is 24.6. The Balaban J connectivity index is 1.25. The molecule has 1 saturated heterocycles. The SMILES string of the molecule is CS(=O)(=O)N1CCN(c2ccc(NC(=S)NC(=O)/C=C/c3ccc(-c4ccccc4)o3)cc2)CC1. The van der Waals surface area contributed by atoms with E-state index < -0.39 is 10.0 Å². The molecule has 182 valence electrons. The zero-order valence-corrected chi connectivity index (χ0v) is 20.8. The fourth-order valence-corrected chi connectivity index (χ4v) is 4.75. The van der Waals surface area contributed by atoms with Crippen LogP contribution in [-0.2, 0) is 14.8 Å². The van der Waals surface area contributed by atoms with Gasteiger partial charge in [0.05, 0.1) is 6.26 Å². The highest BCUT2D eigenvalue weighted by atomic mass is 32.2. The number of amides is 1. The zero-order chi connectivity index (χ0) is 24.8. The molecule has 1 aliphatic rings. The molecule has 0 saturated carbocycles. The van der Waals surface area contributed by atoms with Crippen LogP contribution in [0.2, 0.25) is 0 Å². The van der Waals surface area contributed by atoms with E-state index in [0.29, 0.717) is 31.9 Å². The second-order valence-corrected chi connectivity index (χ2v) is 10.4. The third-order valence-electron chi connectivity index (χ3n) is 5.52. The maximum absolute atomic E-state index is 12.2. The topological polar surface area (TPSA) is 94.9 Å². The van der Waals surface area contributed by atoms with Crippen LogP contribution in [0.4, 0.5) is 11.4 Å². The summed E-state index contributed by atoms with van der Waals surface area (Å²) in [6.45, 7) is 2.19. The molecule has 0 spiro atoms. The van der Waals surface area contributed by atoms with Crippen molar-refractivity contribution in [1.82, 2.24) is 9.62 Å². The molecule has 0 radical (unpaired) electrons. The van der Waals surface area contributed by atoms with E-state index in [1.807, 2.05) is 60.7 Å². The maximum Gasteiger partial charge on any atom is 0.250 e. The van der Waals surface area contributed by atoms with Crippen LogP contribution in [0, 0.1) is 0 Å². The van der Waals surface area contributed by atoms with Gasteiger partial charge in [0, 0.05) is 49.2 Å². The van der Waals surface area contributed by atoms with Crippen molar-refractivity contribution in [3.8, 4) is 11.3 Å². The van der Waals surface area contributed by atoms with E-state index in [1.54, 1.807) is 12.1 Å². The van der Waals surface area contributed by atoms with Crippen LogP contribution in [0.3, 0.4) is 0 Å². The number of benzene rings is 2. The summed E-state index contributed by atoms with van der Waals surface area (Å²) in [6, 6.07) is 21.0. The molecule has 0 unspecified atom stereocenters. The van der Waals surface area contributed by atoms with E-state index in [-0.39, 0.29) is 11.0 Å². The maximum atomic E-state index is 12.2. The minimum Gasteiger partial charge on any atom is -0.457 e. The minimum absolute atomic E-state index is 0.179. The van der Waals surface area contributed by atoms with Gasteiger partial charge in [-0.15, -0.1) is 0 Å². The van der Waals surface area contributed by atoms with Crippen LogP contribution < -0.4 is 15.5 Å². The Morgan fingerprint density at radius 3 is 2.31 bits per heavy atom. The van der Waals surface area contributed by atoms with E-state index in [9.17, 15) is 13.2 Å². The first-order valence-corrected chi connectivity index (χ1v) is 13.3. The lowest BCUT2D eigenvalue weighted by atomic mass is 10.2. The van der Waals surface area contributed by atoms with Crippen molar-refractivity contribution in [3.63, 3.8) is 0 Å². The highest BCUT2D eigenvalue weighted by Crippen LogP contribution is 2.22. The number of thiocarbonyl (C=S) groups is 1. The molecule has 1 amide bonds. The van der Waals surface area contributed by atoms with E-state index >= 15 is 0 Å². The van der Waals surface area contributed by atoms with Crippen molar-refractivity contribution in [1.29, 1.82) is 0 Å². The van der Waals surface area contributed by atoms with Crippen LogP contribution in [0.5, 0.6) is 0 Å². The molecule has 2 heterocycles. The van der Waals surface area contributed by atoms with Gasteiger partial charge in [-0.2, -0.15) is 4.31 Å². The smallest absolute Gasteiger partial charge is 0.250 e. The lowest BCUT2D eigenvalue weighted by Gasteiger charge is -2.34. The summed E-state index contributed by atoms with van der Waals surface area (Å²) in [7, 11) is -3.15. The van der Waals surface area contributed by atoms with Gasteiger partial charge in [0.25, 0.3) is 0 Å². The van der Waals surface area contributed by atoms with E-state index in [0.717, 1.165) is 22.7 Å². The van der Waals surface area contributed by atoms with Gasteiger partial charge >= 0.3 is 0 Å². The molecule has 0 aliphatic carbocycles. The molecule has 4 rings (SSSR count). The van der Waals surface area contributed by atoms with E-state index in [1.165, 1.54) is 16.6 Å². The molecular formula is C25H26N4O4S2. The minimum atomic E-state index is -3.15. The van der Waals surface area contributed by atoms with Crippen molar-refractivity contribution < 1.29 is 17.6 Å². The molecular weight excluding hydrogens is 484 g/mol. The number of hydrogen-bond donors (Lipinski definition) is 2. The fourth-order valence-electron chi connectivity index (χ4n) is 3.71. The van der Waals surface area contributed by atoms with Gasteiger partial charge < -0.3 is 14.6 Å². The van der Waals surface area contributed by atoms with E-state index in [4.69, 9.17) is 16.6 Å². The number of piperazine rings is 1. The predicted octanol–water partition coefficient (Wildman–Crippen LogP) is 3.55. The molecule has 0 atom stereocenters. The summed E-state index contributed by atoms with van der Waals surface area (Å²) in [5, 5.41) is 5.78. The largest absolute Gasteiger partial charge is 0.457 e. The van der Waals surface area contributed by atoms with Crippen molar-refractivity contribution in [3.05, 3.63) is 78.6 Å². The Bertz CT molecular complexity index is 1310. The average Bonchev–Trinajstić information content (AvgIpc) is 3.32. The second-order valence-electron chi connectivity index (χ2n) is 8.04. The standard InChI is InChI=1S/C25H26N4O4S2/c1-35(31,32)29-17-15-28(16-18-29)21-9-7-20(8-10-21)26-25(34)27-24(30)14-12-22-11-13-23(33-22)19-5-3-2-4-6-19/h2-14H,15-18H2,1H3,(H2,26,27,30,34)/b14-12+. The van der Waals surface area contributed by atoms with Crippen LogP contribution >= 0.6 is 12.2 Å². The van der Waals surface area contributed by atoms with Gasteiger partial charge in [-0.25, -0.2) is 8.42 Å². The normalized spacial score (nSPS) is 14.7. The molecule has 10 heteroatoms. The first-order chi connectivity index (χ1) is 16.8. The molecule has 2 N–H and O–H groups in total. The molecule has 3 aromatic rings. The van der Waals surface area contributed by atoms with Crippen LogP contribution in [0.15, 0.2) is 77.2 Å². The monoisotopic (exact) mass is 510 g/mol. The number of furan rings is 1. The Morgan fingerprint density at radius 1 is 0.971 bits per heavy atom. The number of hydrogen-bond acceptors (Lipinski definition) is 6. The Morgan fingerprint density at radius 2 is 1.66 bits per heavy atom. The van der Waals surface area contributed by atoms with E-state index in [2.05, 4.69) is 15.5 Å². The lowest BCUT2D eigenvalue weighted by Crippen LogP contribution is -2.48. The van der Waals surface area contributed by atoms with Crippen LogP contribution in [-0.4, -0.2) is 56.2 Å². The summed E-state index contributed by atoms with van der Waals surface area (Å²) in [6.07, 6.45) is 4.18. The molecule has 1 aromatic heterocycles. The summed E-state index contributed by atoms with van der Waals surface area (Å²) in [4.78, 5) is 14.4.